The molecule has 0 saturated heterocycles. The minimum absolute atomic E-state index is 0.127. The van der Waals surface area contributed by atoms with Gasteiger partial charge in [0, 0.05) is 5.33 Å². The molecular formula is C8H5BrF2INO2. The van der Waals surface area contributed by atoms with Crippen molar-refractivity contribution in [2.24, 2.45) is 0 Å². The molecule has 0 spiro atoms. The van der Waals surface area contributed by atoms with E-state index in [4.69, 9.17) is 5.11 Å². The van der Waals surface area contributed by atoms with Crippen LogP contribution in [0.3, 0.4) is 0 Å². The predicted molar refractivity (Wildman–Crippen MR) is 61.5 cm³/mol. The van der Waals surface area contributed by atoms with Crippen molar-refractivity contribution < 1.29 is 18.7 Å². The van der Waals surface area contributed by atoms with E-state index in [1.807, 2.05) is 0 Å². The van der Waals surface area contributed by atoms with Crippen molar-refractivity contribution >= 4 is 44.5 Å². The normalized spacial score (nSPS) is 10.7. The molecule has 0 aliphatic carbocycles. The average Bonchev–Trinajstić information content (AvgIpc) is 2.16. The van der Waals surface area contributed by atoms with E-state index in [0.717, 1.165) is 6.07 Å². The van der Waals surface area contributed by atoms with Crippen molar-refractivity contribution in [3.63, 3.8) is 0 Å². The van der Waals surface area contributed by atoms with E-state index in [1.165, 1.54) is 0 Å². The standard InChI is InChI=1S/C8H5BrF2INO2/c9-2-5-3(8(14)15)1-4(6(10)11)7(12)13-5/h1,6H,2H2,(H,14,15). The molecule has 1 heterocycles. The van der Waals surface area contributed by atoms with Crippen molar-refractivity contribution in [3.8, 4) is 0 Å². The molecule has 1 aromatic rings. The summed E-state index contributed by atoms with van der Waals surface area (Å²) in [7, 11) is 0. The van der Waals surface area contributed by atoms with Crippen LogP contribution in [-0.4, -0.2) is 16.1 Å². The highest BCUT2D eigenvalue weighted by molar-refractivity contribution is 14.1. The number of carbonyl (C=O) groups is 1. The van der Waals surface area contributed by atoms with Crippen molar-refractivity contribution in [2.75, 3.05) is 0 Å². The summed E-state index contributed by atoms with van der Waals surface area (Å²) in [6, 6.07) is 0.971. The molecule has 0 radical (unpaired) electrons. The molecule has 1 N–H and O–H groups in total. The number of aromatic carboxylic acids is 1. The molecule has 0 amide bonds. The zero-order valence-corrected chi connectivity index (χ0v) is 10.9. The Balaban J connectivity index is 3.37. The van der Waals surface area contributed by atoms with Crippen LogP contribution >= 0.6 is 38.5 Å². The van der Waals surface area contributed by atoms with E-state index in [2.05, 4.69) is 20.9 Å². The first-order valence-electron chi connectivity index (χ1n) is 3.74. The van der Waals surface area contributed by atoms with Gasteiger partial charge >= 0.3 is 5.97 Å². The van der Waals surface area contributed by atoms with Crippen LogP contribution in [0.4, 0.5) is 8.78 Å². The number of alkyl halides is 3. The van der Waals surface area contributed by atoms with E-state index in [-0.39, 0.29) is 25.9 Å². The molecular weight excluding hydrogens is 387 g/mol. The summed E-state index contributed by atoms with van der Waals surface area (Å²) in [5.41, 5.74) is -0.295. The second-order valence-corrected chi connectivity index (χ2v) is 4.18. The fraction of sp³-hybridized carbons (Fsp3) is 0.250. The highest BCUT2D eigenvalue weighted by Crippen LogP contribution is 2.26. The van der Waals surface area contributed by atoms with Gasteiger partial charge in [-0.2, -0.15) is 0 Å². The van der Waals surface area contributed by atoms with Crippen LogP contribution in [0.15, 0.2) is 6.07 Å². The minimum Gasteiger partial charge on any atom is -0.478 e. The minimum atomic E-state index is -2.72. The molecule has 1 aromatic heterocycles. The lowest BCUT2D eigenvalue weighted by molar-refractivity contribution is 0.0695. The van der Waals surface area contributed by atoms with Crippen LogP contribution < -0.4 is 0 Å². The fourth-order valence-electron chi connectivity index (χ4n) is 0.982. The van der Waals surface area contributed by atoms with Crippen molar-refractivity contribution in [2.45, 2.75) is 11.8 Å². The molecule has 0 saturated carbocycles. The zero-order valence-electron chi connectivity index (χ0n) is 7.18. The van der Waals surface area contributed by atoms with Crippen molar-refractivity contribution in [1.29, 1.82) is 0 Å². The van der Waals surface area contributed by atoms with E-state index in [0.29, 0.717) is 0 Å². The van der Waals surface area contributed by atoms with Crippen LogP contribution in [0, 0.1) is 3.70 Å². The molecule has 1 rings (SSSR count). The summed E-state index contributed by atoms with van der Waals surface area (Å²) in [5, 5.41) is 9.00. The van der Waals surface area contributed by atoms with E-state index in [9.17, 15) is 13.6 Å². The average molecular weight is 392 g/mol. The molecule has 0 atom stereocenters. The Morgan fingerprint density at radius 1 is 1.67 bits per heavy atom. The molecule has 0 aliphatic heterocycles. The summed E-state index contributed by atoms with van der Waals surface area (Å²) in [4.78, 5) is 14.6. The van der Waals surface area contributed by atoms with E-state index in [1.54, 1.807) is 22.6 Å². The third-order valence-corrected chi connectivity index (χ3v) is 3.07. The van der Waals surface area contributed by atoms with E-state index >= 15 is 0 Å². The largest absolute Gasteiger partial charge is 0.478 e. The van der Waals surface area contributed by atoms with Crippen molar-refractivity contribution in [3.05, 3.63) is 26.6 Å². The fourth-order valence-corrected chi connectivity index (χ4v) is 2.09. The summed E-state index contributed by atoms with van der Waals surface area (Å²) in [6.45, 7) is 0. The topological polar surface area (TPSA) is 50.2 Å². The summed E-state index contributed by atoms with van der Waals surface area (Å²) >= 11 is 4.72. The van der Waals surface area contributed by atoms with Crippen LogP contribution in [0.5, 0.6) is 0 Å². The first-order valence-corrected chi connectivity index (χ1v) is 5.94. The van der Waals surface area contributed by atoms with Gasteiger partial charge in [0.15, 0.2) is 0 Å². The monoisotopic (exact) mass is 391 g/mol. The molecule has 0 bridgehead atoms. The third kappa shape index (κ3) is 2.83. The highest BCUT2D eigenvalue weighted by Gasteiger charge is 2.19. The zero-order chi connectivity index (χ0) is 11.6. The maximum Gasteiger partial charge on any atom is 0.337 e. The first kappa shape index (κ1) is 12.8. The maximum absolute atomic E-state index is 12.5. The number of carboxylic acids is 1. The molecule has 0 fully saturated rings. The van der Waals surface area contributed by atoms with Gasteiger partial charge in [0.2, 0.25) is 0 Å². The van der Waals surface area contributed by atoms with Gasteiger partial charge in [-0.15, -0.1) is 0 Å². The molecule has 7 heteroatoms. The predicted octanol–water partition coefficient (Wildman–Crippen LogP) is 3.22. The molecule has 3 nitrogen and oxygen atoms in total. The molecule has 0 aromatic carbocycles. The summed E-state index contributed by atoms with van der Waals surface area (Å²) in [5.74, 6) is -1.25. The molecule has 15 heavy (non-hydrogen) atoms. The Morgan fingerprint density at radius 2 is 2.27 bits per heavy atom. The van der Waals surface area contributed by atoms with Gasteiger partial charge in [-0.1, -0.05) is 15.9 Å². The number of pyridine rings is 1. The lowest BCUT2D eigenvalue weighted by Crippen LogP contribution is -2.07. The van der Waals surface area contributed by atoms with Gasteiger partial charge in [0.25, 0.3) is 6.43 Å². The van der Waals surface area contributed by atoms with E-state index < -0.39 is 12.4 Å². The Morgan fingerprint density at radius 3 is 2.67 bits per heavy atom. The second-order valence-electron chi connectivity index (χ2n) is 2.60. The van der Waals surface area contributed by atoms with Crippen LogP contribution in [0.1, 0.15) is 28.0 Å². The Hall–Kier alpha value is -0.310. The third-order valence-electron chi connectivity index (χ3n) is 1.67. The quantitative estimate of drug-likeness (QED) is 0.489. The molecule has 82 valence electrons. The Bertz CT molecular complexity index is 400. The van der Waals surface area contributed by atoms with Gasteiger partial charge in [0.05, 0.1) is 16.8 Å². The molecule has 0 aliphatic rings. The summed E-state index contributed by atoms with van der Waals surface area (Å²) in [6.07, 6.45) is -2.72. The number of carboxylic acid groups (broad SMARTS) is 1. The maximum atomic E-state index is 12.5. The second kappa shape index (κ2) is 5.15. The summed E-state index contributed by atoms with van der Waals surface area (Å²) < 4.78 is 25.0. The Labute approximate surface area is 106 Å². The number of hydrogen-bond donors (Lipinski definition) is 1. The smallest absolute Gasteiger partial charge is 0.337 e. The van der Waals surface area contributed by atoms with Crippen LogP contribution in [0.25, 0.3) is 0 Å². The lowest BCUT2D eigenvalue weighted by atomic mass is 10.1. The Kier molecular flexibility index (Phi) is 4.38. The van der Waals surface area contributed by atoms with Gasteiger partial charge in [-0.05, 0) is 28.7 Å². The number of rotatable bonds is 3. The van der Waals surface area contributed by atoms with Gasteiger partial charge in [-0.3, -0.25) is 0 Å². The first-order chi connectivity index (χ1) is 6.97. The molecule has 0 unspecified atom stereocenters. The van der Waals surface area contributed by atoms with Gasteiger partial charge < -0.3 is 5.11 Å². The van der Waals surface area contributed by atoms with Gasteiger partial charge in [0.1, 0.15) is 3.70 Å². The number of nitrogens with zero attached hydrogens (tertiary/aromatic N) is 1. The van der Waals surface area contributed by atoms with Crippen LogP contribution in [-0.2, 0) is 5.33 Å². The highest BCUT2D eigenvalue weighted by atomic mass is 127. The van der Waals surface area contributed by atoms with Gasteiger partial charge in [-0.25, -0.2) is 18.6 Å². The number of aromatic nitrogens is 1. The SMILES string of the molecule is O=C(O)c1cc(C(F)F)c(I)nc1CBr. The van der Waals surface area contributed by atoms with Crippen LogP contribution in [0.2, 0.25) is 0 Å². The number of halogens is 4. The lowest BCUT2D eigenvalue weighted by Gasteiger charge is -2.07. The van der Waals surface area contributed by atoms with Crippen molar-refractivity contribution in [1.82, 2.24) is 4.98 Å². The number of hydrogen-bond acceptors (Lipinski definition) is 2.